The van der Waals surface area contributed by atoms with Gasteiger partial charge in [0.05, 0.1) is 6.54 Å². The van der Waals surface area contributed by atoms with Gasteiger partial charge in [-0.25, -0.2) is 18.4 Å². The minimum Gasteiger partial charge on any atom is -0.382 e. The molecule has 7 heteroatoms. The van der Waals surface area contributed by atoms with Crippen LogP contribution in [0.1, 0.15) is 12.5 Å². The van der Waals surface area contributed by atoms with Crippen LogP contribution in [0.25, 0.3) is 0 Å². The molecule has 1 aromatic heterocycles. The van der Waals surface area contributed by atoms with Crippen molar-refractivity contribution >= 4 is 12.6 Å². The Kier molecular flexibility index (Phi) is 3.86. The lowest BCUT2D eigenvalue weighted by Gasteiger charge is -2.32. The number of aromatic nitrogens is 3. The van der Waals surface area contributed by atoms with E-state index in [9.17, 15) is 13.9 Å². The lowest BCUT2D eigenvalue weighted by atomic mass is 9.90. The van der Waals surface area contributed by atoms with E-state index in [4.69, 9.17) is 0 Å². The van der Waals surface area contributed by atoms with E-state index < -0.39 is 22.5 Å². The first kappa shape index (κ1) is 14.0. The molecule has 2 aromatic rings. The van der Waals surface area contributed by atoms with Crippen molar-refractivity contribution in [2.24, 2.45) is 0 Å². The van der Waals surface area contributed by atoms with Crippen molar-refractivity contribution in [3.8, 4) is 0 Å². The van der Waals surface area contributed by atoms with E-state index in [1.54, 1.807) is 6.92 Å². The Morgan fingerprint density at radius 2 is 2.21 bits per heavy atom. The summed E-state index contributed by atoms with van der Waals surface area (Å²) in [6.07, 6.45) is 2.72. The van der Waals surface area contributed by atoms with E-state index in [1.807, 2.05) is 0 Å². The first-order valence-electron chi connectivity index (χ1n) is 5.62. The van der Waals surface area contributed by atoms with Crippen LogP contribution in [0, 0.1) is 11.6 Å². The van der Waals surface area contributed by atoms with Crippen molar-refractivity contribution in [3.05, 3.63) is 48.1 Å². The SMILES string of the molecule is C[C@@H](S)C(O)(Cn1cncn1)c1ccc(F)cc1F. The zero-order chi connectivity index (χ0) is 14.0. The molecule has 0 aliphatic rings. The summed E-state index contributed by atoms with van der Waals surface area (Å²) in [5, 5.41) is 14.0. The molecule has 1 N–H and O–H groups in total. The third kappa shape index (κ3) is 2.76. The van der Waals surface area contributed by atoms with Crippen LogP contribution in [-0.2, 0) is 12.1 Å². The van der Waals surface area contributed by atoms with Crippen molar-refractivity contribution in [1.29, 1.82) is 0 Å². The molecule has 0 aliphatic heterocycles. The third-order valence-electron chi connectivity index (χ3n) is 2.96. The Balaban J connectivity index is 2.43. The van der Waals surface area contributed by atoms with Gasteiger partial charge >= 0.3 is 0 Å². The van der Waals surface area contributed by atoms with Crippen LogP contribution in [0.3, 0.4) is 0 Å². The maximum absolute atomic E-state index is 13.9. The quantitative estimate of drug-likeness (QED) is 0.842. The number of hydrogen-bond donors (Lipinski definition) is 2. The summed E-state index contributed by atoms with van der Waals surface area (Å²) in [4.78, 5) is 3.76. The van der Waals surface area contributed by atoms with E-state index in [2.05, 4.69) is 22.7 Å². The van der Waals surface area contributed by atoms with Crippen LogP contribution in [0.15, 0.2) is 30.9 Å². The van der Waals surface area contributed by atoms with Crippen LogP contribution in [-0.4, -0.2) is 25.1 Å². The number of thiol groups is 1. The molecule has 102 valence electrons. The van der Waals surface area contributed by atoms with Crippen LogP contribution in [0.4, 0.5) is 8.78 Å². The lowest BCUT2D eigenvalue weighted by molar-refractivity contribution is 0.0138. The molecule has 0 spiro atoms. The molecule has 1 heterocycles. The normalized spacial score (nSPS) is 16.1. The van der Waals surface area contributed by atoms with E-state index >= 15 is 0 Å². The fourth-order valence-corrected chi connectivity index (χ4v) is 2.06. The standard InChI is InChI=1S/C12H13F2N3OS/c1-8(19)12(18,5-17-7-15-6-16-17)10-3-2-9(13)4-11(10)14/h2-4,6-8,18-19H,5H2,1H3/t8-,12?/m1/s1. The van der Waals surface area contributed by atoms with E-state index in [0.29, 0.717) is 0 Å². The molecule has 0 saturated heterocycles. The maximum atomic E-state index is 13.9. The Morgan fingerprint density at radius 3 is 2.74 bits per heavy atom. The monoisotopic (exact) mass is 285 g/mol. The summed E-state index contributed by atoms with van der Waals surface area (Å²) in [6.45, 7) is 1.60. The Hall–Kier alpha value is -1.47. The average molecular weight is 285 g/mol. The van der Waals surface area contributed by atoms with E-state index in [-0.39, 0.29) is 12.1 Å². The van der Waals surface area contributed by atoms with Crippen LogP contribution >= 0.6 is 12.6 Å². The number of hydrogen-bond acceptors (Lipinski definition) is 4. The van der Waals surface area contributed by atoms with Crippen molar-refractivity contribution < 1.29 is 13.9 Å². The molecule has 0 bridgehead atoms. The number of aliphatic hydroxyl groups is 1. The number of halogens is 2. The first-order chi connectivity index (χ1) is 8.93. The molecular formula is C12H13F2N3OS. The Labute approximate surface area is 114 Å². The second kappa shape index (κ2) is 5.26. The second-order valence-corrected chi connectivity index (χ2v) is 5.09. The summed E-state index contributed by atoms with van der Waals surface area (Å²) in [7, 11) is 0. The fraction of sp³-hybridized carbons (Fsp3) is 0.333. The van der Waals surface area contributed by atoms with Crippen LogP contribution < -0.4 is 0 Å². The zero-order valence-corrected chi connectivity index (χ0v) is 11.1. The zero-order valence-electron chi connectivity index (χ0n) is 10.2. The van der Waals surface area contributed by atoms with Gasteiger partial charge in [-0.05, 0) is 6.07 Å². The fourth-order valence-electron chi connectivity index (χ4n) is 1.84. The van der Waals surface area contributed by atoms with Gasteiger partial charge in [-0.3, -0.25) is 0 Å². The molecule has 0 radical (unpaired) electrons. The highest BCUT2D eigenvalue weighted by Crippen LogP contribution is 2.32. The van der Waals surface area contributed by atoms with Gasteiger partial charge in [0.15, 0.2) is 0 Å². The minimum absolute atomic E-state index is 0.0214. The molecule has 2 rings (SSSR count). The highest BCUT2D eigenvalue weighted by molar-refractivity contribution is 7.81. The first-order valence-corrected chi connectivity index (χ1v) is 6.13. The molecule has 19 heavy (non-hydrogen) atoms. The van der Waals surface area contributed by atoms with Gasteiger partial charge in [0.1, 0.15) is 29.9 Å². The smallest absolute Gasteiger partial charge is 0.137 e. The van der Waals surface area contributed by atoms with Gasteiger partial charge in [0, 0.05) is 16.9 Å². The summed E-state index contributed by atoms with van der Waals surface area (Å²) < 4.78 is 28.2. The molecule has 0 fully saturated rings. The highest BCUT2D eigenvalue weighted by atomic mass is 32.1. The van der Waals surface area contributed by atoms with Crippen molar-refractivity contribution in [3.63, 3.8) is 0 Å². The molecule has 2 atom stereocenters. The van der Waals surface area contributed by atoms with Gasteiger partial charge in [-0.2, -0.15) is 17.7 Å². The summed E-state index contributed by atoms with van der Waals surface area (Å²) in [5.74, 6) is -1.51. The van der Waals surface area contributed by atoms with Gasteiger partial charge in [0.25, 0.3) is 0 Å². The number of rotatable bonds is 4. The molecule has 1 aromatic carbocycles. The summed E-state index contributed by atoms with van der Waals surface area (Å²) >= 11 is 4.20. The van der Waals surface area contributed by atoms with Gasteiger partial charge in [-0.1, -0.05) is 13.0 Å². The molecule has 4 nitrogen and oxygen atoms in total. The van der Waals surface area contributed by atoms with Gasteiger partial charge in [0.2, 0.25) is 0 Å². The molecule has 0 amide bonds. The highest BCUT2D eigenvalue weighted by Gasteiger charge is 2.37. The van der Waals surface area contributed by atoms with Crippen LogP contribution in [0.5, 0.6) is 0 Å². The second-order valence-electron chi connectivity index (χ2n) is 4.32. The maximum Gasteiger partial charge on any atom is 0.137 e. The minimum atomic E-state index is -1.62. The van der Waals surface area contributed by atoms with Gasteiger partial charge in [-0.15, -0.1) is 0 Å². The average Bonchev–Trinajstić information content (AvgIpc) is 2.81. The number of nitrogens with zero attached hydrogens (tertiary/aromatic N) is 3. The summed E-state index contributed by atoms with van der Waals surface area (Å²) in [5.41, 5.74) is -1.64. The van der Waals surface area contributed by atoms with Gasteiger partial charge < -0.3 is 5.11 Å². The summed E-state index contributed by atoms with van der Waals surface area (Å²) in [6, 6.07) is 3.05. The molecule has 1 unspecified atom stereocenters. The molecule has 0 aliphatic carbocycles. The lowest BCUT2D eigenvalue weighted by Crippen LogP contribution is -2.40. The van der Waals surface area contributed by atoms with Crippen molar-refractivity contribution in [2.45, 2.75) is 24.3 Å². The van der Waals surface area contributed by atoms with E-state index in [0.717, 1.165) is 12.1 Å². The predicted molar refractivity (Wildman–Crippen MR) is 68.7 cm³/mol. The third-order valence-corrected chi connectivity index (χ3v) is 3.39. The molecular weight excluding hydrogens is 272 g/mol. The number of benzene rings is 1. The predicted octanol–water partition coefficient (Wildman–Crippen LogP) is 1.76. The van der Waals surface area contributed by atoms with E-state index in [1.165, 1.54) is 23.4 Å². The van der Waals surface area contributed by atoms with Crippen molar-refractivity contribution in [2.75, 3.05) is 0 Å². The van der Waals surface area contributed by atoms with Crippen molar-refractivity contribution in [1.82, 2.24) is 14.8 Å². The largest absolute Gasteiger partial charge is 0.382 e. The molecule has 0 saturated carbocycles. The van der Waals surface area contributed by atoms with Crippen LogP contribution in [0.2, 0.25) is 0 Å². The topological polar surface area (TPSA) is 50.9 Å². The Morgan fingerprint density at radius 1 is 1.47 bits per heavy atom. The Bertz CT molecular complexity index is 562.